The van der Waals surface area contributed by atoms with E-state index in [-0.39, 0.29) is 10.8 Å². The van der Waals surface area contributed by atoms with Crippen LogP contribution in [-0.4, -0.2) is 20.9 Å². The van der Waals surface area contributed by atoms with E-state index in [1.165, 1.54) is 24.3 Å². The van der Waals surface area contributed by atoms with Crippen molar-refractivity contribution in [2.75, 3.05) is 5.32 Å². The van der Waals surface area contributed by atoms with E-state index in [1.807, 2.05) is 6.07 Å². The van der Waals surface area contributed by atoms with Crippen LogP contribution in [-0.2, 0) is 4.79 Å². The molecule has 0 aliphatic carbocycles. The van der Waals surface area contributed by atoms with Crippen molar-refractivity contribution in [2.24, 2.45) is 0 Å². The number of thiocarbonyl (C=S) groups is 1. The van der Waals surface area contributed by atoms with Crippen molar-refractivity contribution >= 4 is 63.4 Å². The lowest BCUT2D eigenvalue weighted by molar-refractivity contribution is -0.384. The maximum absolute atomic E-state index is 11.8. The predicted molar refractivity (Wildman–Crippen MR) is 103 cm³/mol. The van der Waals surface area contributed by atoms with Gasteiger partial charge < -0.3 is 5.32 Å². The number of halogens is 1. The molecule has 2 N–H and O–H groups in total. The highest BCUT2D eigenvalue weighted by atomic mass is 127. The third kappa shape index (κ3) is 5.66. The van der Waals surface area contributed by atoms with Crippen LogP contribution in [0.15, 0.2) is 48.7 Å². The van der Waals surface area contributed by atoms with Crippen molar-refractivity contribution in [2.45, 2.75) is 0 Å². The molecule has 2 aromatic rings. The standard InChI is InChI=1S/C15H11IN4O3S/c16-11-5-6-13(17-9-11)18-15(24)19-14(21)7-4-10-2-1-3-12(8-10)20(22)23/h1-9H,(H2,17,18,19,21,24). The summed E-state index contributed by atoms with van der Waals surface area (Å²) in [5.74, 6) is 0.0629. The van der Waals surface area contributed by atoms with Crippen LogP contribution >= 0.6 is 34.8 Å². The summed E-state index contributed by atoms with van der Waals surface area (Å²) in [6.07, 6.45) is 4.37. The average molecular weight is 454 g/mol. The second kappa shape index (κ2) is 8.45. The van der Waals surface area contributed by atoms with E-state index in [9.17, 15) is 14.9 Å². The minimum Gasteiger partial charge on any atom is -0.317 e. The number of aromatic nitrogens is 1. The fourth-order valence-electron chi connectivity index (χ4n) is 1.66. The Morgan fingerprint density at radius 3 is 2.79 bits per heavy atom. The first-order valence-corrected chi connectivity index (χ1v) is 8.09. The van der Waals surface area contributed by atoms with Crippen LogP contribution in [0.25, 0.3) is 6.08 Å². The summed E-state index contributed by atoms with van der Waals surface area (Å²) in [5.41, 5.74) is 0.497. The van der Waals surface area contributed by atoms with Gasteiger partial charge in [-0.05, 0) is 58.6 Å². The fourth-order valence-corrected chi connectivity index (χ4v) is 2.19. The first kappa shape index (κ1) is 17.9. The van der Waals surface area contributed by atoms with Gasteiger partial charge in [-0.1, -0.05) is 12.1 Å². The van der Waals surface area contributed by atoms with Crippen LogP contribution in [0.3, 0.4) is 0 Å². The van der Waals surface area contributed by atoms with Crippen molar-refractivity contribution in [3.8, 4) is 0 Å². The van der Waals surface area contributed by atoms with E-state index in [4.69, 9.17) is 12.2 Å². The fraction of sp³-hybridized carbons (Fsp3) is 0. The molecule has 0 bridgehead atoms. The van der Waals surface area contributed by atoms with Crippen molar-refractivity contribution in [1.29, 1.82) is 0 Å². The molecule has 0 radical (unpaired) electrons. The molecule has 7 nitrogen and oxygen atoms in total. The molecule has 24 heavy (non-hydrogen) atoms. The highest BCUT2D eigenvalue weighted by Gasteiger charge is 2.05. The maximum atomic E-state index is 11.8. The van der Waals surface area contributed by atoms with E-state index < -0.39 is 10.8 Å². The van der Waals surface area contributed by atoms with E-state index >= 15 is 0 Å². The normalized spacial score (nSPS) is 10.4. The van der Waals surface area contributed by atoms with Crippen molar-refractivity contribution in [3.63, 3.8) is 0 Å². The molecule has 1 heterocycles. The second-order valence-electron chi connectivity index (χ2n) is 4.49. The number of hydrogen-bond acceptors (Lipinski definition) is 5. The SMILES string of the molecule is O=C(C=Cc1cccc([N+](=O)[O-])c1)NC(=S)Nc1ccc(I)cn1. The molecule has 1 amide bonds. The van der Waals surface area contributed by atoms with Gasteiger partial charge in [0.15, 0.2) is 5.11 Å². The van der Waals surface area contributed by atoms with Crippen molar-refractivity contribution in [3.05, 3.63) is 67.9 Å². The molecular formula is C15H11IN4O3S. The van der Waals surface area contributed by atoms with Gasteiger partial charge in [-0.2, -0.15) is 0 Å². The third-order valence-electron chi connectivity index (χ3n) is 2.71. The van der Waals surface area contributed by atoms with E-state index in [0.29, 0.717) is 11.4 Å². The summed E-state index contributed by atoms with van der Waals surface area (Å²) in [6, 6.07) is 9.54. The summed E-state index contributed by atoms with van der Waals surface area (Å²) in [4.78, 5) is 26.1. The number of nitrogens with one attached hydrogen (secondary N) is 2. The molecule has 1 aromatic heterocycles. The van der Waals surface area contributed by atoms with Gasteiger partial charge >= 0.3 is 0 Å². The molecule has 122 valence electrons. The summed E-state index contributed by atoms with van der Waals surface area (Å²) < 4.78 is 0.980. The summed E-state index contributed by atoms with van der Waals surface area (Å²) in [6.45, 7) is 0. The summed E-state index contributed by atoms with van der Waals surface area (Å²) >= 11 is 7.15. The van der Waals surface area contributed by atoms with E-state index in [2.05, 4.69) is 38.2 Å². The molecule has 2 rings (SSSR count). The number of carbonyl (C=O) groups excluding carboxylic acids is 1. The number of anilines is 1. The van der Waals surface area contributed by atoms with Gasteiger partial charge in [0.25, 0.3) is 5.69 Å². The number of rotatable bonds is 4. The monoisotopic (exact) mass is 454 g/mol. The lowest BCUT2D eigenvalue weighted by Crippen LogP contribution is -2.33. The quantitative estimate of drug-likeness (QED) is 0.242. The molecule has 0 atom stereocenters. The molecular weight excluding hydrogens is 443 g/mol. The van der Waals surface area contributed by atoms with Gasteiger partial charge in [-0.15, -0.1) is 0 Å². The number of nitrogens with zero attached hydrogens (tertiary/aromatic N) is 2. The summed E-state index contributed by atoms with van der Waals surface area (Å²) in [5, 5.41) is 16.1. The van der Waals surface area contributed by atoms with Gasteiger partial charge in [-0.3, -0.25) is 20.2 Å². The summed E-state index contributed by atoms with van der Waals surface area (Å²) in [7, 11) is 0. The van der Waals surface area contributed by atoms with Crippen LogP contribution in [0, 0.1) is 13.7 Å². The largest absolute Gasteiger partial charge is 0.317 e. The van der Waals surface area contributed by atoms with Crippen LogP contribution in [0.2, 0.25) is 0 Å². The number of benzene rings is 1. The maximum Gasteiger partial charge on any atom is 0.270 e. The zero-order chi connectivity index (χ0) is 17.5. The Balaban J connectivity index is 1.92. The minimum absolute atomic E-state index is 0.0421. The van der Waals surface area contributed by atoms with E-state index in [1.54, 1.807) is 24.4 Å². The van der Waals surface area contributed by atoms with Gasteiger partial charge in [0.2, 0.25) is 5.91 Å². The van der Waals surface area contributed by atoms with Crippen LogP contribution in [0.5, 0.6) is 0 Å². The Morgan fingerprint density at radius 2 is 2.12 bits per heavy atom. The number of nitro benzene ring substituents is 1. The highest BCUT2D eigenvalue weighted by Crippen LogP contribution is 2.14. The number of carbonyl (C=O) groups is 1. The molecule has 0 saturated carbocycles. The molecule has 0 aliphatic heterocycles. The lowest BCUT2D eigenvalue weighted by atomic mass is 10.2. The number of amides is 1. The van der Waals surface area contributed by atoms with Crippen LogP contribution < -0.4 is 10.6 Å². The number of non-ortho nitro benzene ring substituents is 1. The number of nitro groups is 1. The van der Waals surface area contributed by atoms with Crippen LogP contribution in [0.1, 0.15) is 5.56 Å². The Labute approximate surface area is 156 Å². The second-order valence-corrected chi connectivity index (χ2v) is 6.14. The van der Waals surface area contributed by atoms with Gasteiger partial charge in [0, 0.05) is 28.0 Å². The molecule has 0 saturated heterocycles. The lowest BCUT2D eigenvalue weighted by Gasteiger charge is -2.07. The zero-order valence-corrected chi connectivity index (χ0v) is 15.1. The van der Waals surface area contributed by atoms with E-state index in [0.717, 1.165) is 3.57 Å². The average Bonchev–Trinajstić information content (AvgIpc) is 2.55. The molecule has 1 aromatic carbocycles. The smallest absolute Gasteiger partial charge is 0.270 e. The zero-order valence-electron chi connectivity index (χ0n) is 12.1. The topological polar surface area (TPSA) is 97.2 Å². The Bertz CT molecular complexity index is 809. The molecule has 0 fully saturated rings. The molecule has 0 spiro atoms. The van der Waals surface area contributed by atoms with Crippen molar-refractivity contribution in [1.82, 2.24) is 10.3 Å². The third-order valence-corrected chi connectivity index (χ3v) is 3.56. The molecule has 0 aliphatic rings. The first-order valence-electron chi connectivity index (χ1n) is 6.60. The molecule has 9 heteroatoms. The Hall–Kier alpha value is -2.40. The van der Waals surface area contributed by atoms with Crippen molar-refractivity contribution < 1.29 is 9.72 Å². The predicted octanol–water partition coefficient (Wildman–Crippen LogP) is 3.12. The van der Waals surface area contributed by atoms with Gasteiger partial charge in [0.1, 0.15) is 5.82 Å². The number of pyridine rings is 1. The molecule has 0 unspecified atom stereocenters. The number of hydrogen-bond donors (Lipinski definition) is 2. The van der Waals surface area contributed by atoms with Gasteiger partial charge in [-0.25, -0.2) is 4.98 Å². The minimum atomic E-state index is -0.496. The highest BCUT2D eigenvalue weighted by molar-refractivity contribution is 14.1. The Kier molecular flexibility index (Phi) is 6.32. The van der Waals surface area contributed by atoms with Crippen LogP contribution in [0.4, 0.5) is 11.5 Å². The first-order chi connectivity index (χ1) is 11.4. The Morgan fingerprint density at radius 1 is 1.33 bits per heavy atom. The van der Waals surface area contributed by atoms with Gasteiger partial charge in [0.05, 0.1) is 4.92 Å².